The van der Waals surface area contributed by atoms with Crippen LogP contribution in [0.1, 0.15) is 45.7 Å². The maximum absolute atomic E-state index is 6.40. The van der Waals surface area contributed by atoms with Crippen molar-refractivity contribution in [2.45, 2.75) is 59.0 Å². The molecule has 21 heavy (non-hydrogen) atoms. The fraction of sp³-hybridized carbons (Fsp3) is 0.611. The minimum Gasteiger partial charge on any atom is -0.327 e. The Morgan fingerprint density at radius 1 is 1.33 bits per heavy atom. The zero-order valence-corrected chi connectivity index (χ0v) is 13.5. The number of para-hydroxylation sites is 1. The molecular formula is C18H27N3. The summed E-state index contributed by atoms with van der Waals surface area (Å²) in [5.74, 6) is 0.553. The fourth-order valence-electron chi connectivity index (χ4n) is 3.82. The molecule has 1 aromatic carbocycles. The molecule has 2 aromatic rings. The maximum atomic E-state index is 6.40. The standard InChI is InChI=1S/C18H27N3/c1-4-21-17-8-6-5-7-14(17)16(20-21)11-13-12-18(2,3)10-9-15(13)19/h5-8,13,15H,4,9-12,19H2,1-3H3. The first kappa shape index (κ1) is 14.6. The van der Waals surface area contributed by atoms with E-state index in [2.05, 4.69) is 49.7 Å². The Hall–Kier alpha value is -1.35. The Balaban J connectivity index is 1.91. The highest BCUT2D eigenvalue weighted by molar-refractivity contribution is 5.81. The molecule has 0 amide bonds. The van der Waals surface area contributed by atoms with E-state index in [1.807, 2.05) is 0 Å². The predicted molar refractivity (Wildman–Crippen MR) is 88.2 cm³/mol. The van der Waals surface area contributed by atoms with Gasteiger partial charge in [0.25, 0.3) is 0 Å². The summed E-state index contributed by atoms with van der Waals surface area (Å²) in [4.78, 5) is 0. The topological polar surface area (TPSA) is 43.8 Å². The first-order valence-electron chi connectivity index (χ1n) is 8.20. The summed E-state index contributed by atoms with van der Waals surface area (Å²) in [5, 5.41) is 6.15. The highest BCUT2D eigenvalue weighted by Crippen LogP contribution is 2.39. The van der Waals surface area contributed by atoms with Crippen LogP contribution in [0.15, 0.2) is 24.3 Å². The van der Waals surface area contributed by atoms with Gasteiger partial charge in [0.15, 0.2) is 0 Å². The maximum Gasteiger partial charge on any atom is 0.0706 e. The van der Waals surface area contributed by atoms with E-state index < -0.39 is 0 Å². The van der Waals surface area contributed by atoms with Gasteiger partial charge in [-0.2, -0.15) is 5.10 Å². The molecule has 0 aliphatic heterocycles. The molecule has 1 aliphatic carbocycles. The van der Waals surface area contributed by atoms with Gasteiger partial charge < -0.3 is 5.73 Å². The first-order chi connectivity index (χ1) is 10.00. The molecule has 0 radical (unpaired) electrons. The van der Waals surface area contributed by atoms with E-state index >= 15 is 0 Å². The van der Waals surface area contributed by atoms with E-state index in [-0.39, 0.29) is 0 Å². The molecule has 0 bridgehead atoms. The minimum absolute atomic E-state index is 0.323. The number of aryl methyl sites for hydroxylation is 1. The van der Waals surface area contributed by atoms with Crippen LogP contribution < -0.4 is 5.73 Å². The summed E-state index contributed by atoms with van der Waals surface area (Å²) < 4.78 is 2.12. The summed E-state index contributed by atoms with van der Waals surface area (Å²) in [6.07, 6.45) is 4.61. The van der Waals surface area contributed by atoms with Crippen LogP contribution in [0, 0.1) is 11.3 Å². The molecule has 1 fully saturated rings. The molecule has 2 unspecified atom stereocenters. The molecule has 1 heterocycles. The van der Waals surface area contributed by atoms with E-state index in [4.69, 9.17) is 10.8 Å². The van der Waals surface area contributed by atoms with Crippen molar-refractivity contribution in [1.82, 2.24) is 9.78 Å². The van der Waals surface area contributed by atoms with Crippen molar-refractivity contribution in [3.63, 3.8) is 0 Å². The third-order valence-electron chi connectivity index (χ3n) is 5.06. The van der Waals surface area contributed by atoms with Gasteiger partial charge in [0.1, 0.15) is 0 Å². The van der Waals surface area contributed by atoms with Gasteiger partial charge in [-0.15, -0.1) is 0 Å². The summed E-state index contributed by atoms with van der Waals surface area (Å²) in [5.41, 5.74) is 9.29. The number of nitrogens with two attached hydrogens (primary N) is 1. The third-order valence-corrected chi connectivity index (χ3v) is 5.06. The van der Waals surface area contributed by atoms with Crippen molar-refractivity contribution >= 4 is 10.9 Å². The SMILES string of the molecule is CCn1nc(CC2CC(C)(C)CCC2N)c2ccccc21. The van der Waals surface area contributed by atoms with Gasteiger partial charge >= 0.3 is 0 Å². The van der Waals surface area contributed by atoms with E-state index in [1.54, 1.807) is 0 Å². The molecule has 0 saturated heterocycles. The van der Waals surface area contributed by atoms with Gasteiger partial charge in [0.05, 0.1) is 11.2 Å². The van der Waals surface area contributed by atoms with Crippen molar-refractivity contribution in [2.75, 3.05) is 0 Å². The molecule has 1 saturated carbocycles. The lowest BCUT2D eigenvalue weighted by Gasteiger charge is -2.39. The summed E-state index contributed by atoms with van der Waals surface area (Å²) >= 11 is 0. The van der Waals surface area contributed by atoms with E-state index in [0.29, 0.717) is 17.4 Å². The van der Waals surface area contributed by atoms with Gasteiger partial charge in [-0.05, 0) is 50.0 Å². The molecule has 0 spiro atoms. The Kier molecular flexibility index (Phi) is 3.78. The van der Waals surface area contributed by atoms with Crippen molar-refractivity contribution < 1.29 is 0 Å². The van der Waals surface area contributed by atoms with E-state index in [9.17, 15) is 0 Å². The Bertz CT molecular complexity index is 626. The molecule has 2 N–H and O–H groups in total. The average molecular weight is 285 g/mol. The zero-order chi connectivity index (χ0) is 15.0. The van der Waals surface area contributed by atoms with Crippen molar-refractivity contribution in [3.05, 3.63) is 30.0 Å². The van der Waals surface area contributed by atoms with Gasteiger partial charge in [-0.3, -0.25) is 4.68 Å². The van der Waals surface area contributed by atoms with Crippen LogP contribution in [-0.2, 0) is 13.0 Å². The minimum atomic E-state index is 0.323. The zero-order valence-electron chi connectivity index (χ0n) is 13.5. The first-order valence-corrected chi connectivity index (χ1v) is 8.20. The largest absolute Gasteiger partial charge is 0.327 e. The predicted octanol–water partition coefficient (Wildman–Crippen LogP) is 3.75. The van der Waals surface area contributed by atoms with Crippen molar-refractivity contribution in [1.29, 1.82) is 0 Å². The van der Waals surface area contributed by atoms with Crippen LogP contribution in [0.4, 0.5) is 0 Å². The number of fused-ring (bicyclic) bond motifs is 1. The summed E-state index contributed by atoms with van der Waals surface area (Å²) in [6, 6.07) is 8.89. The summed E-state index contributed by atoms with van der Waals surface area (Å²) in [7, 11) is 0. The molecule has 114 valence electrons. The van der Waals surface area contributed by atoms with Crippen LogP contribution in [0.5, 0.6) is 0 Å². The van der Waals surface area contributed by atoms with E-state index in [1.165, 1.54) is 29.4 Å². The number of nitrogens with zero attached hydrogens (tertiary/aromatic N) is 2. The number of aromatic nitrogens is 2. The quantitative estimate of drug-likeness (QED) is 0.933. The molecule has 3 nitrogen and oxygen atoms in total. The Morgan fingerprint density at radius 2 is 2.10 bits per heavy atom. The lowest BCUT2D eigenvalue weighted by molar-refractivity contribution is 0.156. The lowest BCUT2D eigenvalue weighted by atomic mass is 9.69. The molecule has 1 aromatic heterocycles. The second kappa shape index (κ2) is 5.45. The lowest BCUT2D eigenvalue weighted by Crippen LogP contribution is -2.40. The monoisotopic (exact) mass is 285 g/mol. The normalized spacial score (nSPS) is 25.3. The molecular weight excluding hydrogens is 258 g/mol. The Labute approximate surface area is 127 Å². The number of rotatable bonds is 3. The highest BCUT2D eigenvalue weighted by atomic mass is 15.3. The molecule has 3 heteroatoms. The van der Waals surface area contributed by atoms with Crippen LogP contribution in [0.25, 0.3) is 10.9 Å². The Morgan fingerprint density at radius 3 is 2.86 bits per heavy atom. The number of hydrogen-bond acceptors (Lipinski definition) is 2. The van der Waals surface area contributed by atoms with Crippen LogP contribution in [-0.4, -0.2) is 15.8 Å². The molecule has 1 aliphatic rings. The third kappa shape index (κ3) is 2.84. The molecule has 3 rings (SSSR count). The second-order valence-electron chi connectivity index (χ2n) is 7.31. The second-order valence-corrected chi connectivity index (χ2v) is 7.31. The van der Waals surface area contributed by atoms with Crippen molar-refractivity contribution in [3.8, 4) is 0 Å². The van der Waals surface area contributed by atoms with Gasteiger partial charge in [0, 0.05) is 18.0 Å². The molecule has 2 atom stereocenters. The average Bonchev–Trinajstić information content (AvgIpc) is 2.81. The van der Waals surface area contributed by atoms with Crippen LogP contribution in [0.2, 0.25) is 0 Å². The van der Waals surface area contributed by atoms with Gasteiger partial charge in [-0.25, -0.2) is 0 Å². The smallest absolute Gasteiger partial charge is 0.0706 e. The van der Waals surface area contributed by atoms with Crippen LogP contribution >= 0.6 is 0 Å². The number of benzene rings is 1. The van der Waals surface area contributed by atoms with Crippen LogP contribution in [0.3, 0.4) is 0 Å². The number of hydrogen-bond donors (Lipinski definition) is 1. The van der Waals surface area contributed by atoms with E-state index in [0.717, 1.165) is 19.4 Å². The fourth-order valence-corrected chi connectivity index (χ4v) is 3.82. The highest BCUT2D eigenvalue weighted by Gasteiger charge is 2.33. The van der Waals surface area contributed by atoms with Crippen molar-refractivity contribution in [2.24, 2.45) is 17.1 Å². The summed E-state index contributed by atoms with van der Waals surface area (Å²) in [6.45, 7) is 7.81. The van der Waals surface area contributed by atoms with Gasteiger partial charge in [-0.1, -0.05) is 32.0 Å². The van der Waals surface area contributed by atoms with Gasteiger partial charge in [0.2, 0.25) is 0 Å².